The summed E-state index contributed by atoms with van der Waals surface area (Å²) in [6.07, 6.45) is 0.374. The third-order valence-corrected chi connectivity index (χ3v) is 7.18. The molecule has 0 aliphatic heterocycles. The third-order valence-electron chi connectivity index (χ3n) is 4.31. The van der Waals surface area contributed by atoms with E-state index in [1.807, 2.05) is 42.7 Å². The van der Waals surface area contributed by atoms with E-state index in [0.29, 0.717) is 9.70 Å². The number of fused-ring (bicyclic) bond motifs is 1. The minimum Gasteiger partial charge on any atom is -0.317 e. The fraction of sp³-hybridized carbons (Fsp3) is 0.300. The van der Waals surface area contributed by atoms with Crippen molar-refractivity contribution in [3.05, 3.63) is 58.9 Å². The Morgan fingerprint density at radius 2 is 1.81 bits per heavy atom. The van der Waals surface area contributed by atoms with E-state index in [0.717, 1.165) is 22.3 Å². The van der Waals surface area contributed by atoms with E-state index in [1.54, 1.807) is 24.3 Å². The summed E-state index contributed by atoms with van der Waals surface area (Å²) in [5, 5.41) is 0. The van der Waals surface area contributed by atoms with Crippen molar-refractivity contribution in [2.24, 2.45) is 4.99 Å². The molecule has 3 aromatic rings. The molecule has 7 heteroatoms. The second-order valence-corrected chi connectivity index (χ2v) is 9.46. The van der Waals surface area contributed by atoms with Gasteiger partial charge in [-0.2, -0.15) is 4.99 Å². The van der Waals surface area contributed by atoms with E-state index in [9.17, 15) is 13.2 Å². The number of para-hydroxylation sites is 1. The van der Waals surface area contributed by atoms with Crippen LogP contribution in [-0.4, -0.2) is 24.6 Å². The van der Waals surface area contributed by atoms with Crippen LogP contribution in [-0.2, 0) is 21.2 Å². The molecule has 3 rings (SSSR count). The molecule has 142 valence electrons. The van der Waals surface area contributed by atoms with Crippen LogP contribution in [0.1, 0.15) is 25.3 Å². The van der Waals surface area contributed by atoms with Crippen LogP contribution < -0.4 is 4.80 Å². The first-order chi connectivity index (χ1) is 12.9. The number of hydrogen-bond acceptors (Lipinski definition) is 4. The molecule has 0 atom stereocenters. The summed E-state index contributed by atoms with van der Waals surface area (Å²) in [5.74, 6) is -0.347. The van der Waals surface area contributed by atoms with Gasteiger partial charge >= 0.3 is 0 Å². The zero-order valence-corrected chi connectivity index (χ0v) is 17.0. The van der Waals surface area contributed by atoms with Crippen molar-refractivity contribution >= 4 is 37.3 Å². The summed E-state index contributed by atoms with van der Waals surface area (Å²) in [4.78, 5) is 17.4. The second-order valence-electron chi connectivity index (χ2n) is 6.34. The molecule has 1 amide bonds. The Kier molecular flexibility index (Phi) is 5.92. The molecule has 0 bridgehead atoms. The van der Waals surface area contributed by atoms with Crippen molar-refractivity contribution in [2.45, 2.75) is 38.1 Å². The molecule has 1 heterocycles. The Labute approximate surface area is 162 Å². The topological polar surface area (TPSA) is 68.5 Å². The largest absolute Gasteiger partial charge is 0.317 e. The van der Waals surface area contributed by atoms with Gasteiger partial charge in [-0.3, -0.25) is 4.79 Å². The van der Waals surface area contributed by atoms with E-state index in [4.69, 9.17) is 0 Å². The van der Waals surface area contributed by atoms with Gasteiger partial charge in [0.05, 0.1) is 20.9 Å². The molecule has 2 aromatic carbocycles. The highest BCUT2D eigenvalue weighted by molar-refractivity contribution is 7.91. The summed E-state index contributed by atoms with van der Waals surface area (Å²) in [5.41, 5.74) is 2.06. The van der Waals surface area contributed by atoms with Crippen LogP contribution >= 0.6 is 11.3 Å². The number of carbonyl (C=O) groups excluding carboxylic acids is 1. The molecule has 0 saturated carbocycles. The van der Waals surface area contributed by atoms with E-state index < -0.39 is 9.84 Å². The lowest BCUT2D eigenvalue weighted by molar-refractivity contribution is -0.118. The van der Waals surface area contributed by atoms with Gasteiger partial charge < -0.3 is 4.57 Å². The number of sulfone groups is 1. The van der Waals surface area contributed by atoms with Crippen molar-refractivity contribution < 1.29 is 13.2 Å². The van der Waals surface area contributed by atoms with E-state index in [-0.39, 0.29) is 24.5 Å². The average molecular weight is 403 g/mol. The lowest BCUT2D eigenvalue weighted by atomic mass is 10.2. The van der Waals surface area contributed by atoms with Gasteiger partial charge in [0.2, 0.25) is 5.91 Å². The number of thiazole rings is 1. The zero-order valence-electron chi connectivity index (χ0n) is 15.4. The molecular formula is C20H22N2O3S2. The normalized spacial score (nSPS) is 12.6. The van der Waals surface area contributed by atoms with Gasteiger partial charge in [-0.15, -0.1) is 0 Å². The first-order valence-electron chi connectivity index (χ1n) is 8.86. The summed E-state index contributed by atoms with van der Waals surface area (Å²) in [7, 11) is -3.38. The highest BCUT2D eigenvalue weighted by atomic mass is 32.2. The van der Waals surface area contributed by atoms with Gasteiger partial charge in [0.15, 0.2) is 14.6 Å². The standard InChI is InChI=1S/C20H22N2O3S2/c1-3-22-17-7-4-5-8-18(17)26-20(22)21-19(23)9-6-14-27(24,25)16-12-10-15(2)11-13-16/h4-5,7-8,10-13H,3,6,9,14H2,1-2H3. The minimum atomic E-state index is -3.38. The number of carbonyl (C=O) groups is 1. The van der Waals surface area contributed by atoms with Crippen LogP contribution in [0.25, 0.3) is 10.2 Å². The predicted molar refractivity (Wildman–Crippen MR) is 109 cm³/mol. The van der Waals surface area contributed by atoms with Crippen LogP contribution in [0.5, 0.6) is 0 Å². The van der Waals surface area contributed by atoms with Crippen molar-refractivity contribution in [1.82, 2.24) is 4.57 Å². The molecular weight excluding hydrogens is 380 g/mol. The van der Waals surface area contributed by atoms with Gasteiger partial charge in [-0.25, -0.2) is 8.42 Å². The first-order valence-corrected chi connectivity index (χ1v) is 11.3. The predicted octanol–water partition coefficient (Wildman–Crippen LogP) is 3.71. The Bertz CT molecular complexity index is 1120. The number of nitrogens with zero attached hydrogens (tertiary/aromatic N) is 2. The molecule has 0 saturated heterocycles. The van der Waals surface area contributed by atoms with E-state index in [1.165, 1.54) is 11.3 Å². The Balaban J connectivity index is 1.70. The molecule has 0 spiro atoms. The van der Waals surface area contributed by atoms with Gasteiger partial charge in [0.25, 0.3) is 0 Å². The number of aryl methyl sites for hydroxylation is 2. The number of rotatable bonds is 6. The monoisotopic (exact) mass is 402 g/mol. The molecule has 5 nitrogen and oxygen atoms in total. The number of amides is 1. The van der Waals surface area contributed by atoms with Gasteiger partial charge in [-0.1, -0.05) is 41.2 Å². The maximum Gasteiger partial charge on any atom is 0.248 e. The van der Waals surface area contributed by atoms with E-state index >= 15 is 0 Å². The molecule has 27 heavy (non-hydrogen) atoms. The highest BCUT2D eigenvalue weighted by Crippen LogP contribution is 2.17. The number of benzene rings is 2. The van der Waals surface area contributed by atoms with Crippen LogP contribution in [0.3, 0.4) is 0 Å². The lowest BCUT2D eigenvalue weighted by Crippen LogP contribution is -2.16. The van der Waals surface area contributed by atoms with Gasteiger partial charge in [-0.05, 0) is 44.5 Å². The van der Waals surface area contributed by atoms with Crippen molar-refractivity contribution in [3.8, 4) is 0 Å². The smallest absolute Gasteiger partial charge is 0.248 e. The first kappa shape index (κ1) is 19.5. The summed E-state index contributed by atoms with van der Waals surface area (Å²) in [6.45, 7) is 4.64. The van der Waals surface area contributed by atoms with Crippen molar-refractivity contribution in [1.29, 1.82) is 0 Å². The van der Waals surface area contributed by atoms with E-state index in [2.05, 4.69) is 4.99 Å². The maximum absolute atomic E-state index is 12.4. The van der Waals surface area contributed by atoms with Crippen LogP contribution in [0.4, 0.5) is 0 Å². The fourth-order valence-corrected chi connectivity index (χ4v) is 5.27. The van der Waals surface area contributed by atoms with Crippen LogP contribution in [0.15, 0.2) is 58.4 Å². The molecule has 0 fully saturated rings. The Hall–Kier alpha value is -2.25. The number of aromatic nitrogens is 1. The molecule has 0 radical (unpaired) electrons. The molecule has 0 N–H and O–H groups in total. The molecule has 0 unspecified atom stereocenters. The Morgan fingerprint density at radius 3 is 2.52 bits per heavy atom. The SMILES string of the molecule is CCn1c(=NC(=O)CCCS(=O)(=O)c2ccc(C)cc2)sc2ccccc21. The van der Waals surface area contributed by atoms with Crippen LogP contribution in [0.2, 0.25) is 0 Å². The maximum atomic E-state index is 12.4. The summed E-state index contributed by atoms with van der Waals surface area (Å²) in [6, 6.07) is 14.7. The molecule has 0 aliphatic carbocycles. The minimum absolute atomic E-state index is 0.0580. The second kappa shape index (κ2) is 8.19. The Morgan fingerprint density at radius 1 is 1.11 bits per heavy atom. The molecule has 1 aromatic heterocycles. The number of hydrogen-bond donors (Lipinski definition) is 0. The van der Waals surface area contributed by atoms with Gasteiger partial charge in [0, 0.05) is 13.0 Å². The van der Waals surface area contributed by atoms with Crippen LogP contribution in [0, 0.1) is 6.92 Å². The summed E-state index contributed by atoms with van der Waals surface area (Å²) >= 11 is 1.47. The summed E-state index contributed by atoms with van der Waals surface area (Å²) < 4.78 is 27.8. The highest BCUT2D eigenvalue weighted by Gasteiger charge is 2.15. The zero-order chi connectivity index (χ0) is 19.4. The fourth-order valence-electron chi connectivity index (χ4n) is 2.85. The quantitative estimate of drug-likeness (QED) is 0.631. The third kappa shape index (κ3) is 4.54. The average Bonchev–Trinajstić information content (AvgIpc) is 2.98. The lowest BCUT2D eigenvalue weighted by Gasteiger charge is -2.04. The van der Waals surface area contributed by atoms with Crippen molar-refractivity contribution in [3.63, 3.8) is 0 Å². The van der Waals surface area contributed by atoms with Gasteiger partial charge in [0.1, 0.15) is 0 Å². The van der Waals surface area contributed by atoms with Crippen molar-refractivity contribution in [2.75, 3.05) is 5.75 Å². The molecule has 0 aliphatic rings.